The molecule has 1 fully saturated rings. The monoisotopic (exact) mass is 1030 g/mol. The van der Waals surface area contributed by atoms with Crippen LogP contribution in [0.1, 0.15) is 252 Å². The van der Waals surface area contributed by atoms with E-state index in [4.69, 9.17) is 23.7 Å². The minimum Gasteiger partial charge on any atom is -0.479 e. The molecule has 0 saturated carbocycles. The molecule has 1 saturated heterocycles. The number of carboxylic acid groups (broad SMARTS) is 1. The molecule has 0 aliphatic carbocycles. The molecule has 1 rings (SSSR count). The number of esters is 3. The summed E-state index contributed by atoms with van der Waals surface area (Å²) in [5, 5.41) is 31.4. The molecule has 0 radical (unpaired) electrons. The fourth-order valence-electron chi connectivity index (χ4n) is 8.61. The minimum atomic E-state index is -1.93. The number of allylic oxidation sites excluding steroid dienone is 10. The van der Waals surface area contributed by atoms with Crippen molar-refractivity contribution in [2.45, 2.75) is 289 Å². The summed E-state index contributed by atoms with van der Waals surface area (Å²) in [5.41, 5.74) is 0. The van der Waals surface area contributed by atoms with Gasteiger partial charge < -0.3 is 39.0 Å². The summed E-state index contributed by atoms with van der Waals surface area (Å²) in [6, 6.07) is 0. The smallest absolute Gasteiger partial charge is 0.335 e. The highest BCUT2D eigenvalue weighted by molar-refractivity contribution is 5.74. The first-order valence-electron chi connectivity index (χ1n) is 29.3. The van der Waals surface area contributed by atoms with E-state index in [9.17, 15) is 34.5 Å². The summed E-state index contributed by atoms with van der Waals surface area (Å²) in [6.45, 7) is 5.83. The molecular weight excluding hydrogens is 925 g/mol. The van der Waals surface area contributed by atoms with E-state index in [1.807, 2.05) is 18.2 Å². The van der Waals surface area contributed by atoms with E-state index in [0.717, 1.165) is 77.0 Å². The maximum absolute atomic E-state index is 13.1. The Bertz CT molecular complexity index is 1500. The topological polar surface area (TPSA) is 175 Å². The van der Waals surface area contributed by atoms with E-state index in [-0.39, 0.29) is 25.9 Å². The fraction of sp³-hybridized carbons (Fsp3) is 0.770. The Balaban J connectivity index is 2.71. The van der Waals surface area contributed by atoms with Crippen molar-refractivity contribution >= 4 is 23.9 Å². The number of aliphatic hydroxyl groups excluding tert-OH is 2. The van der Waals surface area contributed by atoms with E-state index in [1.54, 1.807) is 0 Å². The molecule has 0 spiro atoms. The predicted molar refractivity (Wildman–Crippen MR) is 294 cm³/mol. The van der Waals surface area contributed by atoms with Crippen molar-refractivity contribution in [2.24, 2.45) is 0 Å². The summed E-state index contributed by atoms with van der Waals surface area (Å²) in [5.74, 6) is -3.22. The van der Waals surface area contributed by atoms with Crippen LogP contribution in [-0.2, 0) is 42.9 Å². The normalized spacial score (nSPS) is 18.7. The average Bonchev–Trinajstić information content (AvgIpc) is 3.37. The van der Waals surface area contributed by atoms with Gasteiger partial charge in [0.1, 0.15) is 18.8 Å². The molecule has 6 atom stereocenters. The number of rotatable bonds is 49. The number of aliphatic carboxylic acids is 1. The molecule has 0 amide bonds. The average molecular weight is 1030 g/mol. The summed E-state index contributed by atoms with van der Waals surface area (Å²) in [6.07, 6.45) is 47.9. The molecule has 1 aliphatic rings. The second-order valence-electron chi connectivity index (χ2n) is 19.9. The Hall–Kier alpha value is -3.58. The number of carbonyl (C=O) groups is 4. The lowest BCUT2D eigenvalue weighted by Gasteiger charge is -2.40. The lowest BCUT2D eigenvalue weighted by Crippen LogP contribution is -2.61. The third kappa shape index (κ3) is 39.5. The van der Waals surface area contributed by atoms with Crippen LogP contribution in [0.5, 0.6) is 0 Å². The van der Waals surface area contributed by atoms with Crippen molar-refractivity contribution in [3.8, 4) is 0 Å². The van der Waals surface area contributed by atoms with Crippen LogP contribution in [0.2, 0.25) is 0 Å². The van der Waals surface area contributed by atoms with Crippen LogP contribution in [0.4, 0.5) is 0 Å². The predicted octanol–water partition coefficient (Wildman–Crippen LogP) is 14.8. The number of ether oxygens (including phenoxy) is 5. The first kappa shape index (κ1) is 67.4. The lowest BCUT2D eigenvalue weighted by molar-refractivity contribution is -0.301. The number of hydrogen-bond acceptors (Lipinski definition) is 11. The van der Waals surface area contributed by atoms with Crippen LogP contribution in [0.25, 0.3) is 0 Å². The Kier molecular flexibility index (Phi) is 45.5. The second kappa shape index (κ2) is 49.3. The number of hydrogen-bond donors (Lipinski definition) is 3. The summed E-state index contributed by atoms with van der Waals surface area (Å²) in [4.78, 5) is 51.0. The standard InChI is InChI=1S/C61H104O12/c1-4-7-10-13-16-19-22-25-26-27-28-31-32-35-38-41-44-47-53(62)69-50-52(71-54(63)48-45-42-39-36-33-29-23-20-17-14-11-8-5-2)51-70-61-59(57(66)56(65)58(73-61)60(67)68)72-55(64)49-46-43-40-37-34-30-24-21-18-15-12-9-6-3/h9,12,18,20-21,23,30,34,40,43,52,56-59,61,65-66H,4-8,10-11,13-17,19,22,24-29,31-33,35-39,41-42,44-51H2,1-3H3,(H,67,68)/b12-9-,21-18-,23-20-,34-30-,43-40-. The molecule has 6 unspecified atom stereocenters. The van der Waals surface area contributed by atoms with Crippen LogP contribution in [0, 0.1) is 0 Å². The quantitative estimate of drug-likeness (QED) is 0.0228. The third-order valence-electron chi connectivity index (χ3n) is 13.1. The first-order valence-corrected chi connectivity index (χ1v) is 29.3. The Labute approximate surface area is 443 Å². The van der Waals surface area contributed by atoms with Gasteiger partial charge in [-0.2, -0.15) is 0 Å². The molecule has 12 nitrogen and oxygen atoms in total. The van der Waals surface area contributed by atoms with Crippen molar-refractivity contribution in [3.63, 3.8) is 0 Å². The Morgan fingerprint density at radius 2 is 0.890 bits per heavy atom. The Morgan fingerprint density at radius 3 is 1.38 bits per heavy atom. The van der Waals surface area contributed by atoms with Gasteiger partial charge >= 0.3 is 23.9 Å². The van der Waals surface area contributed by atoms with E-state index in [1.165, 1.54) is 109 Å². The first-order chi connectivity index (χ1) is 35.6. The van der Waals surface area contributed by atoms with E-state index in [0.29, 0.717) is 25.7 Å². The Morgan fingerprint density at radius 1 is 0.466 bits per heavy atom. The zero-order valence-corrected chi connectivity index (χ0v) is 46.1. The number of carbonyl (C=O) groups excluding carboxylic acids is 3. The maximum Gasteiger partial charge on any atom is 0.335 e. The molecule has 0 bridgehead atoms. The molecule has 12 heteroatoms. The van der Waals surface area contributed by atoms with E-state index < -0.39 is 67.3 Å². The summed E-state index contributed by atoms with van der Waals surface area (Å²) in [7, 11) is 0. The van der Waals surface area contributed by atoms with E-state index in [2.05, 4.69) is 63.3 Å². The van der Waals surface area contributed by atoms with Gasteiger partial charge in [0.15, 0.2) is 24.6 Å². The van der Waals surface area contributed by atoms with Crippen molar-refractivity contribution < 1.29 is 58.2 Å². The van der Waals surface area contributed by atoms with E-state index >= 15 is 0 Å². The van der Waals surface area contributed by atoms with Crippen LogP contribution < -0.4 is 0 Å². The molecule has 1 aliphatic heterocycles. The van der Waals surface area contributed by atoms with Crippen molar-refractivity contribution in [1.29, 1.82) is 0 Å². The second-order valence-corrected chi connectivity index (χ2v) is 19.9. The molecule has 420 valence electrons. The molecule has 0 aromatic rings. The highest BCUT2D eigenvalue weighted by atomic mass is 16.7. The SMILES string of the molecule is CC/C=C\C/C=C\C/C=C\C/C=C\CCC(=O)OC1C(OCC(COC(=O)CCCCCCCCCCCCCCCCCCC)OC(=O)CCCCCCC/C=C\CCCCCC)OC(C(=O)O)C(O)C1O. The largest absolute Gasteiger partial charge is 0.479 e. The minimum absolute atomic E-state index is 0.0610. The highest BCUT2D eigenvalue weighted by Gasteiger charge is 2.50. The summed E-state index contributed by atoms with van der Waals surface area (Å²) < 4.78 is 28.3. The van der Waals surface area contributed by atoms with Gasteiger partial charge in [0.2, 0.25) is 0 Å². The van der Waals surface area contributed by atoms with Crippen molar-refractivity contribution in [2.75, 3.05) is 13.2 Å². The molecule has 0 aromatic heterocycles. The van der Waals surface area contributed by atoms with Crippen LogP contribution >= 0.6 is 0 Å². The molecule has 0 aromatic carbocycles. The molecule has 3 N–H and O–H groups in total. The highest BCUT2D eigenvalue weighted by Crippen LogP contribution is 2.26. The molecule has 73 heavy (non-hydrogen) atoms. The van der Waals surface area contributed by atoms with Gasteiger partial charge in [0.25, 0.3) is 0 Å². The lowest BCUT2D eigenvalue weighted by atomic mass is 9.98. The van der Waals surface area contributed by atoms with Gasteiger partial charge in [-0.25, -0.2) is 4.79 Å². The fourth-order valence-corrected chi connectivity index (χ4v) is 8.61. The van der Waals surface area contributed by atoms with Gasteiger partial charge in [-0.3, -0.25) is 14.4 Å². The maximum atomic E-state index is 13.1. The van der Waals surface area contributed by atoms with Crippen LogP contribution in [0.3, 0.4) is 0 Å². The third-order valence-corrected chi connectivity index (χ3v) is 13.1. The van der Waals surface area contributed by atoms with Gasteiger partial charge in [-0.15, -0.1) is 0 Å². The van der Waals surface area contributed by atoms with Gasteiger partial charge in [-0.1, -0.05) is 223 Å². The zero-order chi connectivity index (χ0) is 53.3. The molecule has 1 heterocycles. The summed E-state index contributed by atoms with van der Waals surface area (Å²) >= 11 is 0. The van der Waals surface area contributed by atoms with Gasteiger partial charge in [-0.05, 0) is 70.6 Å². The number of unbranched alkanes of at least 4 members (excludes halogenated alkanes) is 25. The van der Waals surface area contributed by atoms with Crippen LogP contribution in [0.15, 0.2) is 60.8 Å². The van der Waals surface area contributed by atoms with Crippen LogP contribution in [-0.4, -0.2) is 89.2 Å². The van der Waals surface area contributed by atoms with Crippen molar-refractivity contribution in [3.05, 3.63) is 60.8 Å². The zero-order valence-electron chi connectivity index (χ0n) is 46.1. The molecular formula is C61H104O12. The number of aliphatic hydroxyl groups is 2. The van der Waals surface area contributed by atoms with Crippen molar-refractivity contribution in [1.82, 2.24) is 0 Å². The number of carboxylic acids is 1. The van der Waals surface area contributed by atoms with Gasteiger partial charge in [0, 0.05) is 19.3 Å². The van der Waals surface area contributed by atoms with Gasteiger partial charge in [0.05, 0.1) is 6.61 Å².